The van der Waals surface area contributed by atoms with Crippen LogP contribution in [0.25, 0.3) is 0 Å². The van der Waals surface area contributed by atoms with Gasteiger partial charge in [0, 0.05) is 6.42 Å². The van der Waals surface area contributed by atoms with Gasteiger partial charge in [0.05, 0.1) is 6.10 Å². The molecule has 1 heterocycles. The van der Waals surface area contributed by atoms with Crippen molar-refractivity contribution >= 4 is 5.97 Å². The summed E-state index contributed by atoms with van der Waals surface area (Å²) in [5, 5.41) is 18.5. The maximum absolute atomic E-state index is 10.4. The third-order valence-electron chi connectivity index (χ3n) is 4.15. The maximum Gasteiger partial charge on any atom is 0.303 e. The Morgan fingerprint density at radius 3 is 2.50 bits per heavy atom. The summed E-state index contributed by atoms with van der Waals surface area (Å²) >= 11 is 0. The molecule has 0 aromatic rings. The number of aliphatic carboxylic acids is 1. The van der Waals surface area contributed by atoms with Crippen LogP contribution in [0.15, 0.2) is 12.2 Å². The smallest absolute Gasteiger partial charge is 0.303 e. The second-order valence-corrected chi connectivity index (χ2v) is 6.25. The van der Waals surface area contributed by atoms with Crippen LogP contribution in [-0.2, 0) is 9.53 Å². The third-order valence-corrected chi connectivity index (χ3v) is 4.15. The molecule has 4 heteroatoms. The van der Waals surface area contributed by atoms with Gasteiger partial charge in [-0.15, -0.1) is 0 Å². The molecular formula is C18H32O4. The lowest BCUT2D eigenvalue weighted by Gasteiger charge is -2.01. The number of unbranched alkanes of at least 4 members (excludes halogenated alkanes) is 7. The van der Waals surface area contributed by atoms with Crippen molar-refractivity contribution in [2.75, 3.05) is 0 Å². The van der Waals surface area contributed by atoms with E-state index in [-0.39, 0.29) is 18.6 Å². The van der Waals surface area contributed by atoms with E-state index in [1.54, 1.807) is 0 Å². The highest BCUT2D eigenvalue weighted by Gasteiger charge is 2.42. The predicted octanol–water partition coefficient (Wildman–Crippen LogP) is 4.07. The molecule has 128 valence electrons. The van der Waals surface area contributed by atoms with Gasteiger partial charge in [0.25, 0.3) is 0 Å². The molecule has 0 amide bonds. The summed E-state index contributed by atoms with van der Waals surface area (Å²) in [4.78, 5) is 10.4. The molecule has 0 radical (unpaired) electrons. The number of carbonyl (C=O) groups is 1. The van der Waals surface area contributed by atoms with Crippen LogP contribution < -0.4 is 0 Å². The molecular weight excluding hydrogens is 280 g/mol. The molecule has 3 unspecified atom stereocenters. The molecule has 1 aliphatic heterocycles. The number of hydrogen-bond acceptors (Lipinski definition) is 3. The van der Waals surface area contributed by atoms with Gasteiger partial charge in [-0.2, -0.15) is 0 Å². The van der Waals surface area contributed by atoms with Crippen LogP contribution >= 0.6 is 0 Å². The van der Waals surface area contributed by atoms with Gasteiger partial charge in [-0.3, -0.25) is 4.79 Å². The molecule has 1 rings (SSSR count). The van der Waals surface area contributed by atoms with Gasteiger partial charge in [0.15, 0.2) is 0 Å². The minimum atomic E-state index is -0.771. The van der Waals surface area contributed by atoms with Gasteiger partial charge in [-0.25, -0.2) is 0 Å². The zero-order valence-corrected chi connectivity index (χ0v) is 13.9. The van der Waals surface area contributed by atoms with E-state index in [0.717, 1.165) is 12.8 Å². The van der Waals surface area contributed by atoms with Crippen molar-refractivity contribution in [3.63, 3.8) is 0 Å². The van der Waals surface area contributed by atoms with Crippen LogP contribution in [0.3, 0.4) is 0 Å². The highest BCUT2D eigenvalue weighted by molar-refractivity contribution is 5.66. The van der Waals surface area contributed by atoms with Crippen LogP contribution in [0.2, 0.25) is 0 Å². The topological polar surface area (TPSA) is 70.1 Å². The normalized spacial score (nSPS) is 22.1. The number of hydrogen-bond donors (Lipinski definition) is 2. The van der Waals surface area contributed by atoms with Crippen molar-refractivity contribution in [2.45, 2.75) is 95.9 Å². The van der Waals surface area contributed by atoms with Crippen LogP contribution in [0, 0.1) is 0 Å². The van der Waals surface area contributed by atoms with Gasteiger partial charge in [-0.1, -0.05) is 57.6 Å². The Balaban J connectivity index is 1.94. The first kappa shape index (κ1) is 19.2. The lowest BCUT2D eigenvalue weighted by Crippen LogP contribution is -2.13. The van der Waals surface area contributed by atoms with Crippen molar-refractivity contribution in [1.82, 2.24) is 0 Å². The fraction of sp³-hybridized carbons (Fsp3) is 0.833. The van der Waals surface area contributed by atoms with E-state index >= 15 is 0 Å². The van der Waals surface area contributed by atoms with Gasteiger partial charge in [0.2, 0.25) is 0 Å². The van der Waals surface area contributed by atoms with E-state index in [2.05, 4.69) is 6.92 Å². The Kier molecular flexibility index (Phi) is 10.2. The SMILES string of the molecule is CCCCCCCCC/C=C\C(O)C1OC1CCCC(=O)O. The van der Waals surface area contributed by atoms with E-state index < -0.39 is 12.1 Å². The summed E-state index contributed by atoms with van der Waals surface area (Å²) in [6, 6.07) is 0. The maximum atomic E-state index is 10.4. The number of ether oxygens (including phenoxy) is 1. The fourth-order valence-corrected chi connectivity index (χ4v) is 2.71. The Hall–Kier alpha value is -0.870. The summed E-state index contributed by atoms with van der Waals surface area (Å²) in [5.74, 6) is -0.771. The van der Waals surface area contributed by atoms with Gasteiger partial charge < -0.3 is 14.9 Å². The summed E-state index contributed by atoms with van der Waals surface area (Å²) in [6.45, 7) is 2.23. The number of epoxide rings is 1. The predicted molar refractivity (Wildman–Crippen MR) is 87.9 cm³/mol. The van der Waals surface area contributed by atoms with Gasteiger partial charge in [-0.05, 0) is 25.7 Å². The minimum Gasteiger partial charge on any atom is -0.481 e. The average Bonchev–Trinajstić information content (AvgIpc) is 3.24. The highest BCUT2D eigenvalue weighted by atomic mass is 16.6. The zero-order chi connectivity index (χ0) is 16.2. The van der Waals surface area contributed by atoms with Gasteiger partial charge >= 0.3 is 5.97 Å². The minimum absolute atomic E-state index is 0.0394. The van der Waals surface area contributed by atoms with E-state index in [9.17, 15) is 9.90 Å². The summed E-state index contributed by atoms with van der Waals surface area (Å²) in [6.07, 6.45) is 14.9. The first-order valence-corrected chi connectivity index (χ1v) is 8.87. The Bertz CT molecular complexity index is 327. The fourth-order valence-electron chi connectivity index (χ4n) is 2.71. The quantitative estimate of drug-likeness (QED) is 0.288. The number of rotatable bonds is 14. The number of carboxylic acids is 1. The zero-order valence-electron chi connectivity index (χ0n) is 13.9. The number of carboxylic acid groups (broad SMARTS) is 1. The molecule has 0 aromatic heterocycles. The standard InChI is InChI=1S/C18H32O4/c1-2-3-4-5-6-7-8-9-10-12-15(19)18-16(22-18)13-11-14-17(20)21/h10,12,15-16,18-19H,2-9,11,13-14H2,1H3,(H,20,21)/b12-10-. The summed E-state index contributed by atoms with van der Waals surface area (Å²) < 4.78 is 5.40. The van der Waals surface area contributed by atoms with Crippen molar-refractivity contribution in [3.05, 3.63) is 12.2 Å². The molecule has 4 nitrogen and oxygen atoms in total. The number of aliphatic hydroxyl groups is 1. The summed E-state index contributed by atoms with van der Waals surface area (Å²) in [7, 11) is 0. The molecule has 22 heavy (non-hydrogen) atoms. The largest absolute Gasteiger partial charge is 0.481 e. The van der Waals surface area contributed by atoms with Crippen molar-refractivity contribution in [2.24, 2.45) is 0 Å². The molecule has 1 aliphatic rings. The Morgan fingerprint density at radius 1 is 1.14 bits per heavy atom. The second-order valence-electron chi connectivity index (χ2n) is 6.25. The molecule has 0 aliphatic carbocycles. The van der Waals surface area contributed by atoms with Crippen LogP contribution in [0.5, 0.6) is 0 Å². The average molecular weight is 312 g/mol. The second kappa shape index (κ2) is 11.7. The van der Waals surface area contributed by atoms with Crippen LogP contribution in [0.1, 0.15) is 77.6 Å². The first-order chi connectivity index (χ1) is 10.6. The first-order valence-electron chi connectivity index (χ1n) is 8.87. The molecule has 0 bridgehead atoms. The molecule has 0 saturated carbocycles. The van der Waals surface area contributed by atoms with Crippen molar-refractivity contribution in [1.29, 1.82) is 0 Å². The molecule has 3 atom stereocenters. The lowest BCUT2D eigenvalue weighted by molar-refractivity contribution is -0.137. The number of aliphatic hydroxyl groups excluding tert-OH is 1. The molecule has 0 aromatic carbocycles. The van der Waals surface area contributed by atoms with E-state index in [0.29, 0.717) is 6.42 Å². The van der Waals surface area contributed by atoms with E-state index in [1.165, 1.54) is 44.9 Å². The van der Waals surface area contributed by atoms with Crippen molar-refractivity contribution in [3.8, 4) is 0 Å². The lowest BCUT2D eigenvalue weighted by atomic mass is 10.1. The van der Waals surface area contributed by atoms with Gasteiger partial charge in [0.1, 0.15) is 12.2 Å². The van der Waals surface area contributed by atoms with Crippen molar-refractivity contribution < 1.29 is 19.7 Å². The van der Waals surface area contributed by atoms with E-state index in [4.69, 9.17) is 9.84 Å². The van der Waals surface area contributed by atoms with E-state index in [1.807, 2.05) is 12.2 Å². The molecule has 1 fully saturated rings. The van der Waals surface area contributed by atoms with Crippen LogP contribution in [-0.4, -0.2) is 34.5 Å². The van der Waals surface area contributed by atoms with Crippen LogP contribution in [0.4, 0.5) is 0 Å². The molecule has 1 saturated heterocycles. The third kappa shape index (κ3) is 9.21. The monoisotopic (exact) mass is 312 g/mol. The Morgan fingerprint density at radius 2 is 1.82 bits per heavy atom. The molecule has 2 N–H and O–H groups in total. The molecule has 0 spiro atoms. The Labute approximate surface area is 134 Å². The summed E-state index contributed by atoms with van der Waals surface area (Å²) in [5.41, 5.74) is 0. The highest BCUT2D eigenvalue weighted by Crippen LogP contribution is 2.30. The number of allylic oxidation sites excluding steroid dienone is 1.